The zero-order valence-electron chi connectivity index (χ0n) is 20.0. The Bertz CT molecular complexity index is 1240. The van der Waals surface area contributed by atoms with Crippen molar-refractivity contribution in [2.75, 3.05) is 44.7 Å². The summed E-state index contributed by atoms with van der Waals surface area (Å²) in [6.07, 6.45) is -0.982. The zero-order valence-corrected chi connectivity index (χ0v) is 20.8. The molecular weight excluding hydrogens is 511 g/mol. The minimum atomic E-state index is -4.66. The van der Waals surface area contributed by atoms with Crippen LogP contribution in [0, 0.1) is 0 Å². The van der Waals surface area contributed by atoms with Crippen LogP contribution in [0.1, 0.15) is 30.4 Å². The summed E-state index contributed by atoms with van der Waals surface area (Å²) in [6.45, 7) is 2.72. The average Bonchev–Trinajstić information content (AvgIpc) is 3.59. The Morgan fingerprint density at radius 2 is 1.89 bits per heavy atom. The molecule has 0 spiro atoms. The summed E-state index contributed by atoms with van der Waals surface area (Å²) in [7, 11) is -3.66. The monoisotopic (exact) mass is 539 g/mol. The predicted molar refractivity (Wildman–Crippen MR) is 130 cm³/mol. The van der Waals surface area contributed by atoms with E-state index < -0.39 is 33.7 Å². The number of alkyl halides is 3. The molecule has 1 aromatic heterocycles. The van der Waals surface area contributed by atoms with Gasteiger partial charge in [0.25, 0.3) is 0 Å². The van der Waals surface area contributed by atoms with E-state index in [1.807, 2.05) is 12.1 Å². The molecule has 0 aliphatic carbocycles. The molecule has 0 radical (unpaired) electrons. The van der Waals surface area contributed by atoms with E-state index in [0.717, 1.165) is 24.2 Å². The van der Waals surface area contributed by atoms with E-state index in [4.69, 9.17) is 9.47 Å². The molecule has 4 heterocycles. The van der Waals surface area contributed by atoms with Crippen molar-refractivity contribution in [1.82, 2.24) is 19.6 Å². The molecule has 3 aliphatic rings. The first-order valence-electron chi connectivity index (χ1n) is 12.2. The maximum absolute atomic E-state index is 13.4. The molecule has 0 unspecified atom stereocenters. The minimum Gasteiger partial charge on any atom is -0.471 e. The molecule has 0 saturated carbocycles. The lowest BCUT2D eigenvalue weighted by atomic mass is 10.1. The molecule has 1 atom stereocenters. The summed E-state index contributed by atoms with van der Waals surface area (Å²) >= 11 is 0. The van der Waals surface area contributed by atoms with Gasteiger partial charge in [-0.15, -0.1) is 0 Å². The van der Waals surface area contributed by atoms with Crippen LogP contribution in [-0.2, 0) is 20.9 Å². The lowest BCUT2D eigenvalue weighted by Crippen LogP contribution is -2.42. The number of anilines is 1. The second-order valence-corrected chi connectivity index (χ2v) is 11.2. The highest BCUT2D eigenvalue weighted by Crippen LogP contribution is 2.36. The van der Waals surface area contributed by atoms with Crippen molar-refractivity contribution >= 4 is 21.5 Å². The van der Waals surface area contributed by atoms with E-state index in [1.165, 1.54) is 4.31 Å². The van der Waals surface area contributed by atoms with Gasteiger partial charge in [0, 0.05) is 44.8 Å². The molecule has 9 nitrogen and oxygen atoms in total. The van der Waals surface area contributed by atoms with Crippen molar-refractivity contribution in [2.45, 2.75) is 42.5 Å². The first kappa shape index (κ1) is 25.9. The molecule has 2 fully saturated rings. The molecule has 2 aromatic rings. The summed E-state index contributed by atoms with van der Waals surface area (Å²) in [5.74, 6) is -0.525. The number of ether oxygens (including phenoxy) is 2. The molecule has 37 heavy (non-hydrogen) atoms. The van der Waals surface area contributed by atoms with Crippen molar-refractivity contribution in [1.29, 1.82) is 0 Å². The molecule has 2 N–H and O–H groups in total. The third-order valence-electron chi connectivity index (χ3n) is 6.68. The lowest BCUT2D eigenvalue weighted by Gasteiger charge is -2.31. The van der Waals surface area contributed by atoms with E-state index in [1.54, 1.807) is 12.1 Å². The van der Waals surface area contributed by atoms with Crippen molar-refractivity contribution in [3.63, 3.8) is 0 Å². The van der Waals surface area contributed by atoms with Gasteiger partial charge in [-0.3, -0.25) is 0 Å². The highest BCUT2D eigenvalue weighted by atomic mass is 32.2. The summed E-state index contributed by atoms with van der Waals surface area (Å²) in [6, 6.07) is 6.69. The fourth-order valence-electron chi connectivity index (χ4n) is 4.59. The number of nitrogens with one attached hydrogen (secondary N) is 2. The fourth-order valence-corrected chi connectivity index (χ4v) is 6.06. The molecule has 0 bridgehead atoms. The van der Waals surface area contributed by atoms with Gasteiger partial charge in [-0.1, -0.05) is 18.2 Å². The topological polar surface area (TPSA) is 106 Å². The molecular formula is C24H28F3N5O4S. The van der Waals surface area contributed by atoms with Crippen LogP contribution in [-0.4, -0.2) is 74.2 Å². The van der Waals surface area contributed by atoms with Gasteiger partial charge in [0.2, 0.25) is 21.9 Å². The number of sulfonamides is 1. The highest BCUT2D eigenvalue weighted by Gasteiger charge is 2.38. The van der Waals surface area contributed by atoms with Gasteiger partial charge >= 0.3 is 6.18 Å². The summed E-state index contributed by atoms with van der Waals surface area (Å²) < 4.78 is 78.7. The van der Waals surface area contributed by atoms with E-state index in [2.05, 4.69) is 26.7 Å². The summed E-state index contributed by atoms with van der Waals surface area (Å²) in [4.78, 5) is 8.06. The Morgan fingerprint density at radius 3 is 2.51 bits per heavy atom. The van der Waals surface area contributed by atoms with Crippen LogP contribution in [0.4, 0.5) is 19.1 Å². The Morgan fingerprint density at radius 1 is 1.14 bits per heavy atom. The molecule has 13 heteroatoms. The molecule has 2 saturated heterocycles. The highest BCUT2D eigenvalue weighted by molar-refractivity contribution is 7.89. The number of nitrogens with zero attached hydrogens (tertiary/aromatic N) is 3. The number of piperidine rings is 1. The largest absolute Gasteiger partial charge is 0.471 e. The van der Waals surface area contributed by atoms with Gasteiger partial charge in [-0.05, 0) is 36.1 Å². The van der Waals surface area contributed by atoms with E-state index in [-0.39, 0.29) is 36.6 Å². The Kier molecular flexibility index (Phi) is 7.39. The Hall–Kier alpha value is -2.74. The Balaban J connectivity index is 1.22. The predicted octanol–water partition coefficient (Wildman–Crippen LogP) is 2.91. The first-order chi connectivity index (χ1) is 17.7. The molecule has 5 rings (SSSR count). The number of benzene rings is 1. The van der Waals surface area contributed by atoms with E-state index in [0.29, 0.717) is 32.1 Å². The molecule has 1 aromatic carbocycles. The average molecular weight is 540 g/mol. The van der Waals surface area contributed by atoms with Crippen LogP contribution in [0.25, 0.3) is 5.57 Å². The standard InChI is InChI=1S/C24H28F3N5O4S/c25-24(26,27)21-14-29-23(31-22(21)36-19-8-12-35-15-19)30-18-6-10-32(11-7-18)37(33,34)20-3-1-16(2-4-20)17-5-9-28-13-17/h1-5,14,18-19,28H,6-13,15H2,(H,29,30,31)/t19-/m0/s1. The fraction of sp³-hybridized carbons (Fsp3) is 0.500. The minimum absolute atomic E-state index is 0.00881. The second kappa shape index (κ2) is 10.6. The number of hydrogen-bond acceptors (Lipinski definition) is 8. The van der Waals surface area contributed by atoms with Crippen LogP contribution in [0.3, 0.4) is 0 Å². The third kappa shape index (κ3) is 5.89. The number of rotatable bonds is 7. The number of aromatic nitrogens is 2. The van der Waals surface area contributed by atoms with Gasteiger partial charge in [0.05, 0.1) is 18.1 Å². The van der Waals surface area contributed by atoms with Crippen molar-refractivity contribution in [2.24, 2.45) is 0 Å². The van der Waals surface area contributed by atoms with Crippen LogP contribution in [0.15, 0.2) is 41.4 Å². The van der Waals surface area contributed by atoms with Gasteiger partial charge < -0.3 is 20.1 Å². The maximum Gasteiger partial charge on any atom is 0.423 e. The van der Waals surface area contributed by atoms with Crippen LogP contribution >= 0.6 is 0 Å². The van der Waals surface area contributed by atoms with Crippen LogP contribution in [0.2, 0.25) is 0 Å². The quantitative estimate of drug-likeness (QED) is 0.554. The number of halogens is 3. The second-order valence-electron chi connectivity index (χ2n) is 9.22. The van der Waals surface area contributed by atoms with Gasteiger partial charge in [-0.25, -0.2) is 13.4 Å². The molecule has 0 amide bonds. The smallest absolute Gasteiger partial charge is 0.423 e. The van der Waals surface area contributed by atoms with Gasteiger partial charge in [-0.2, -0.15) is 22.5 Å². The molecule has 3 aliphatic heterocycles. The van der Waals surface area contributed by atoms with Crippen LogP contribution < -0.4 is 15.4 Å². The SMILES string of the molecule is O=S(=O)(c1ccc(C2=CCNC2)cc1)N1CCC(Nc2ncc(C(F)(F)F)c(O[C@H]3CCOC3)n2)CC1. The van der Waals surface area contributed by atoms with E-state index in [9.17, 15) is 21.6 Å². The van der Waals surface area contributed by atoms with Crippen LogP contribution in [0.5, 0.6) is 5.88 Å². The third-order valence-corrected chi connectivity index (χ3v) is 8.60. The summed E-state index contributed by atoms with van der Waals surface area (Å²) in [5.41, 5.74) is 1.09. The molecule has 200 valence electrons. The van der Waals surface area contributed by atoms with Gasteiger partial charge in [0.15, 0.2) is 0 Å². The van der Waals surface area contributed by atoms with Crippen molar-refractivity contribution in [3.05, 3.63) is 47.7 Å². The van der Waals surface area contributed by atoms with E-state index >= 15 is 0 Å². The lowest BCUT2D eigenvalue weighted by molar-refractivity contribution is -0.139. The Labute approximate surface area is 213 Å². The normalized spacial score (nSPS) is 21.7. The summed E-state index contributed by atoms with van der Waals surface area (Å²) in [5, 5.41) is 6.26. The van der Waals surface area contributed by atoms with Gasteiger partial charge in [0.1, 0.15) is 11.7 Å². The zero-order chi connectivity index (χ0) is 26.0. The van der Waals surface area contributed by atoms with Crippen molar-refractivity contribution < 1.29 is 31.1 Å². The number of hydrogen-bond donors (Lipinski definition) is 2. The maximum atomic E-state index is 13.4. The van der Waals surface area contributed by atoms with Crippen molar-refractivity contribution in [3.8, 4) is 5.88 Å². The first-order valence-corrected chi connectivity index (χ1v) is 13.6.